The van der Waals surface area contributed by atoms with Crippen LogP contribution in [0.25, 0.3) is 0 Å². The summed E-state index contributed by atoms with van der Waals surface area (Å²) in [5.74, 6) is -2.22. The fraction of sp³-hybridized carbons (Fsp3) is 0.250. The summed E-state index contributed by atoms with van der Waals surface area (Å²) in [5, 5.41) is 13.5. The number of nitrogens with zero attached hydrogens (tertiary/aromatic N) is 2. The van der Waals surface area contributed by atoms with E-state index in [1.54, 1.807) is 0 Å². The molecule has 21 heavy (non-hydrogen) atoms. The summed E-state index contributed by atoms with van der Waals surface area (Å²) < 4.78 is 26.7. The maximum atomic E-state index is 13.6. The van der Waals surface area contributed by atoms with Crippen LogP contribution in [0.15, 0.2) is 16.6 Å². The van der Waals surface area contributed by atoms with Gasteiger partial charge in [-0.05, 0) is 28.4 Å². The van der Waals surface area contributed by atoms with Gasteiger partial charge in [0.15, 0.2) is 5.82 Å². The summed E-state index contributed by atoms with van der Waals surface area (Å²) in [6.45, 7) is 2.71. The van der Waals surface area contributed by atoms with E-state index in [4.69, 9.17) is 0 Å². The average molecular weight is 377 g/mol. The lowest BCUT2D eigenvalue weighted by Gasteiger charge is -2.07. The minimum atomic E-state index is -0.871. The van der Waals surface area contributed by atoms with Crippen molar-refractivity contribution >= 4 is 44.0 Å². The van der Waals surface area contributed by atoms with Crippen LogP contribution in [-0.4, -0.2) is 22.6 Å². The quantitative estimate of drug-likeness (QED) is 0.835. The number of amides is 1. The van der Waals surface area contributed by atoms with Crippen molar-refractivity contribution in [3.05, 3.63) is 33.2 Å². The smallest absolute Gasteiger partial charge is 0.286 e. The number of anilines is 2. The molecule has 0 fully saturated rings. The summed E-state index contributed by atoms with van der Waals surface area (Å²) >= 11 is 4.06. The van der Waals surface area contributed by atoms with E-state index in [1.165, 1.54) is 0 Å². The molecular weight excluding hydrogens is 366 g/mol. The zero-order valence-electron chi connectivity index (χ0n) is 10.9. The van der Waals surface area contributed by atoms with Gasteiger partial charge in [-0.2, -0.15) is 0 Å². The van der Waals surface area contributed by atoms with E-state index in [0.717, 1.165) is 23.8 Å². The highest BCUT2D eigenvalue weighted by molar-refractivity contribution is 9.10. The third-order valence-corrected chi connectivity index (χ3v) is 3.90. The van der Waals surface area contributed by atoms with Gasteiger partial charge in [0.25, 0.3) is 5.91 Å². The Morgan fingerprint density at radius 3 is 2.81 bits per heavy atom. The number of benzene rings is 1. The molecule has 9 heteroatoms. The van der Waals surface area contributed by atoms with Crippen molar-refractivity contribution in [2.75, 3.05) is 17.2 Å². The summed E-state index contributed by atoms with van der Waals surface area (Å²) in [5.41, 5.74) is -0.139. The van der Waals surface area contributed by atoms with Crippen molar-refractivity contribution in [3.63, 3.8) is 0 Å². The predicted molar refractivity (Wildman–Crippen MR) is 80.7 cm³/mol. The molecule has 1 aromatic heterocycles. The van der Waals surface area contributed by atoms with Crippen LogP contribution >= 0.6 is 27.3 Å². The maximum absolute atomic E-state index is 13.6. The summed E-state index contributed by atoms with van der Waals surface area (Å²) in [7, 11) is 0. The van der Waals surface area contributed by atoms with Crippen molar-refractivity contribution in [3.8, 4) is 0 Å². The Hall–Kier alpha value is -1.61. The first-order valence-corrected chi connectivity index (χ1v) is 7.65. The molecule has 1 aromatic carbocycles. The standard InChI is InChI=1S/C12H11BrF2N4OS/c1-2-3-16-12-19-18-11(21-12)10(20)17-9-7(13)4-6(14)5-8(9)15/h4-5H,2-3H2,1H3,(H,16,19)(H,17,20). The molecule has 0 aliphatic carbocycles. The lowest BCUT2D eigenvalue weighted by molar-refractivity contribution is 0.102. The van der Waals surface area contributed by atoms with Crippen LogP contribution in [0.3, 0.4) is 0 Å². The van der Waals surface area contributed by atoms with Gasteiger partial charge in [0.2, 0.25) is 10.1 Å². The van der Waals surface area contributed by atoms with Crippen molar-refractivity contribution in [2.24, 2.45) is 0 Å². The van der Waals surface area contributed by atoms with E-state index >= 15 is 0 Å². The molecule has 0 saturated heterocycles. The fourth-order valence-electron chi connectivity index (χ4n) is 1.45. The Labute approximate surface area is 131 Å². The van der Waals surface area contributed by atoms with Crippen molar-refractivity contribution in [1.82, 2.24) is 10.2 Å². The summed E-state index contributed by atoms with van der Waals surface area (Å²) in [6, 6.07) is 1.75. The molecule has 5 nitrogen and oxygen atoms in total. The molecule has 0 saturated carbocycles. The van der Waals surface area contributed by atoms with E-state index in [9.17, 15) is 13.6 Å². The minimum absolute atomic E-state index is 0.0872. The Morgan fingerprint density at radius 2 is 2.14 bits per heavy atom. The molecule has 0 aliphatic heterocycles. The molecule has 0 unspecified atom stereocenters. The number of hydrogen-bond donors (Lipinski definition) is 2. The lowest BCUT2D eigenvalue weighted by Crippen LogP contribution is -2.13. The second kappa shape index (κ2) is 6.90. The molecule has 0 atom stereocenters. The van der Waals surface area contributed by atoms with E-state index in [-0.39, 0.29) is 15.2 Å². The third kappa shape index (κ3) is 3.94. The molecule has 0 spiro atoms. The van der Waals surface area contributed by atoms with Gasteiger partial charge >= 0.3 is 0 Å². The second-order valence-corrected chi connectivity index (χ2v) is 5.87. The largest absolute Gasteiger partial charge is 0.360 e. The molecule has 1 heterocycles. The van der Waals surface area contributed by atoms with E-state index in [1.807, 2.05) is 6.92 Å². The van der Waals surface area contributed by atoms with Crippen LogP contribution in [-0.2, 0) is 0 Å². The lowest BCUT2D eigenvalue weighted by atomic mass is 10.3. The molecule has 1 amide bonds. The highest BCUT2D eigenvalue weighted by atomic mass is 79.9. The van der Waals surface area contributed by atoms with Crippen LogP contribution < -0.4 is 10.6 Å². The van der Waals surface area contributed by atoms with Crippen molar-refractivity contribution in [1.29, 1.82) is 0 Å². The normalized spacial score (nSPS) is 10.5. The third-order valence-electron chi connectivity index (χ3n) is 2.39. The molecule has 2 N–H and O–H groups in total. The highest BCUT2D eigenvalue weighted by Gasteiger charge is 2.17. The number of carbonyl (C=O) groups excluding carboxylic acids is 1. The second-order valence-electron chi connectivity index (χ2n) is 4.04. The minimum Gasteiger partial charge on any atom is -0.360 e. The van der Waals surface area contributed by atoms with Gasteiger partial charge in [-0.1, -0.05) is 18.3 Å². The first-order valence-electron chi connectivity index (χ1n) is 6.04. The number of aromatic nitrogens is 2. The number of hydrogen-bond acceptors (Lipinski definition) is 5. The first kappa shape index (κ1) is 15.8. The maximum Gasteiger partial charge on any atom is 0.286 e. The van der Waals surface area contributed by atoms with Gasteiger partial charge in [-0.15, -0.1) is 10.2 Å². The zero-order chi connectivity index (χ0) is 15.4. The number of rotatable bonds is 5. The van der Waals surface area contributed by atoms with Gasteiger partial charge in [-0.25, -0.2) is 8.78 Å². The summed E-state index contributed by atoms with van der Waals surface area (Å²) in [4.78, 5) is 12.0. The van der Waals surface area contributed by atoms with E-state index < -0.39 is 17.5 Å². The van der Waals surface area contributed by atoms with E-state index in [2.05, 4.69) is 36.8 Å². The van der Waals surface area contributed by atoms with E-state index in [0.29, 0.717) is 17.7 Å². The molecule has 0 bridgehead atoms. The van der Waals surface area contributed by atoms with Crippen molar-refractivity contribution < 1.29 is 13.6 Å². The van der Waals surface area contributed by atoms with Gasteiger partial charge in [0.1, 0.15) is 5.82 Å². The molecule has 2 rings (SSSR count). The molecule has 0 aliphatic rings. The fourth-order valence-corrected chi connectivity index (χ4v) is 2.62. The van der Waals surface area contributed by atoms with Crippen LogP contribution in [0.4, 0.5) is 19.6 Å². The average Bonchev–Trinajstić information content (AvgIpc) is 2.89. The van der Waals surface area contributed by atoms with Crippen LogP contribution in [0.1, 0.15) is 23.1 Å². The highest BCUT2D eigenvalue weighted by Crippen LogP contribution is 2.27. The van der Waals surface area contributed by atoms with Crippen LogP contribution in [0.5, 0.6) is 0 Å². The summed E-state index contributed by atoms with van der Waals surface area (Å²) in [6.07, 6.45) is 0.912. The predicted octanol–water partition coefficient (Wildman–Crippen LogP) is 3.65. The van der Waals surface area contributed by atoms with Crippen LogP contribution in [0.2, 0.25) is 0 Å². The number of carbonyl (C=O) groups is 1. The molecule has 2 aromatic rings. The molecule has 0 radical (unpaired) electrons. The molecule has 112 valence electrons. The number of nitrogens with one attached hydrogen (secondary N) is 2. The van der Waals surface area contributed by atoms with Crippen molar-refractivity contribution in [2.45, 2.75) is 13.3 Å². The van der Waals surface area contributed by atoms with Gasteiger partial charge in [0, 0.05) is 17.1 Å². The molecular formula is C12H11BrF2N4OS. The van der Waals surface area contributed by atoms with Crippen LogP contribution in [0, 0.1) is 11.6 Å². The number of halogens is 3. The zero-order valence-corrected chi connectivity index (χ0v) is 13.3. The Balaban J connectivity index is 2.13. The Kier molecular flexibility index (Phi) is 5.18. The Bertz CT molecular complexity index is 641. The van der Waals surface area contributed by atoms with Gasteiger partial charge in [-0.3, -0.25) is 4.79 Å². The Morgan fingerprint density at radius 1 is 1.38 bits per heavy atom. The first-order chi connectivity index (χ1) is 10.0. The van der Waals surface area contributed by atoms with Gasteiger partial charge < -0.3 is 10.6 Å². The monoisotopic (exact) mass is 376 g/mol. The SMILES string of the molecule is CCCNc1nnc(C(=O)Nc2c(F)cc(F)cc2Br)s1. The topological polar surface area (TPSA) is 66.9 Å². The van der Waals surface area contributed by atoms with Gasteiger partial charge in [0.05, 0.1) is 5.69 Å².